The second kappa shape index (κ2) is 3.94. The van der Waals surface area contributed by atoms with Crippen LogP contribution < -0.4 is 5.32 Å². The quantitative estimate of drug-likeness (QED) is 0.722. The fourth-order valence-electron chi connectivity index (χ4n) is 1.99. The van der Waals surface area contributed by atoms with Gasteiger partial charge in [0, 0.05) is 30.5 Å². The van der Waals surface area contributed by atoms with Crippen molar-refractivity contribution in [1.82, 2.24) is 9.55 Å². The number of aryl methyl sites for hydroxylation is 1. The summed E-state index contributed by atoms with van der Waals surface area (Å²) in [6.07, 6.45) is 3.87. The van der Waals surface area contributed by atoms with Gasteiger partial charge in [-0.1, -0.05) is 18.2 Å². The van der Waals surface area contributed by atoms with Gasteiger partial charge in [-0.2, -0.15) is 0 Å². The van der Waals surface area contributed by atoms with Gasteiger partial charge in [-0.05, 0) is 24.3 Å². The molecule has 17 heavy (non-hydrogen) atoms. The van der Waals surface area contributed by atoms with Gasteiger partial charge in [-0.3, -0.25) is 0 Å². The van der Waals surface area contributed by atoms with Crippen LogP contribution in [-0.4, -0.2) is 9.55 Å². The molecule has 3 aromatic rings. The predicted octanol–water partition coefficient (Wildman–Crippen LogP) is 3.32. The minimum Gasteiger partial charge on any atom is -0.348 e. The summed E-state index contributed by atoms with van der Waals surface area (Å²) in [7, 11) is 2.03. The van der Waals surface area contributed by atoms with Crippen molar-refractivity contribution in [3.63, 3.8) is 0 Å². The van der Waals surface area contributed by atoms with Crippen LogP contribution >= 0.6 is 0 Å². The third-order valence-electron chi connectivity index (χ3n) is 2.82. The third-order valence-corrected chi connectivity index (χ3v) is 2.82. The van der Waals surface area contributed by atoms with E-state index in [2.05, 4.69) is 20.9 Å². The summed E-state index contributed by atoms with van der Waals surface area (Å²) < 4.78 is 2.08. The van der Waals surface area contributed by atoms with E-state index >= 15 is 0 Å². The van der Waals surface area contributed by atoms with Crippen molar-refractivity contribution in [2.75, 3.05) is 5.32 Å². The summed E-state index contributed by atoms with van der Waals surface area (Å²) in [4.78, 5) is 4.40. The van der Waals surface area contributed by atoms with Crippen LogP contribution in [0.4, 0.5) is 11.5 Å². The van der Waals surface area contributed by atoms with Crippen LogP contribution in [0.2, 0.25) is 0 Å². The Morgan fingerprint density at radius 2 is 1.88 bits per heavy atom. The van der Waals surface area contributed by atoms with Crippen molar-refractivity contribution in [3.8, 4) is 0 Å². The zero-order valence-corrected chi connectivity index (χ0v) is 9.59. The van der Waals surface area contributed by atoms with Crippen molar-refractivity contribution in [1.29, 1.82) is 0 Å². The first-order valence-corrected chi connectivity index (χ1v) is 5.57. The lowest BCUT2D eigenvalue weighted by atomic mass is 10.3. The molecular weight excluding hydrogens is 210 g/mol. The van der Waals surface area contributed by atoms with Crippen LogP contribution in [0.5, 0.6) is 0 Å². The number of hydrogen-bond acceptors (Lipinski definition) is 2. The fourth-order valence-corrected chi connectivity index (χ4v) is 1.99. The van der Waals surface area contributed by atoms with E-state index in [4.69, 9.17) is 0 Å². The van der Waals surface area contributed by atoms with Gasteiger partial charge >= 0.3 is 0 Å². The lowest BCUT2D eigenvalue weighted by molar-refractivity contribution is 0.966. The molecule has 3 heteroatoms. The van der Waals surface area contributed by atoms with E-state index in [1.165, 1.54) is 5.39 Å². The van der Waals surface area contributed by atoms with Crippen LogP contribution in [0.3, 0.4) is 0 Å². The molecule has 3 rings (SSSR count). The molecule has 0 bridgehead atoms. The van der Waals surface area contributed by atoms with Gasteiger partial charge in [0.2, 0.25) is 0 Å². The molecule has 0 aliphatic heterocycles. The Balaban J connectivity index is 2.09. The van der Waals surface area contributed by atoms with Crippen molar-refractivity contribution >= 4 is 22.4 Å². The minimum absolute atomic E-state index is 0.890. The molecule has 0 radical (unpaired) electrons. The number of anilines is 2. The average Bonchev–Trinajstić information content (AvgIpc) is 2.74. The molecule has 2 heterocycles. The second-order valence-electron chi connectivity index (χ2n) is 4.02. The highest BCUT2D eigenvalue weighted by molar-refractivity contribution is 5.90. The van der Waals surface area contributed by atoms with Gasteiger partial charge in [-0.25, -0.2) is 4.98 Å². The van der Waals surface area contributed by atoms with Gasteiger partial charge in [0.1, 0.15) is 0 Å². The molecule has 0 amide bonds. The Kier molecular flexibility index (Phi) is 2.29. The van der Waals surface area contributed by atoms with Gasteiger partial charge < -0.3 is 9.88 Å². The Hall–Kier alpha value is -2.29. The number of nitrogens with zero attached hydrogens (tertiary/aromatic N) is 2. The maximum Gasteiger partial charge on any atom is 0.154 e. The topological polar surface area (TPSA) is 29.9 Å². The van der Waals surface area contributed by atoms with Gasteiger partial charge in [-0.15, -0.1) is 0 Å². The van der Waals surface area contributed by atoms with Crippen LogP contribution in [0, 0.1) is 0 Å². The van der Waals surface area contributed by atoms with E-state index in [1.54, 1.807) is 0 Å². The Labute approximate surface area is 99.7 Å². The molecule has 0 aliphatic rings. The van der Waals surface area contributed by atoms with E-state index in [0.29, 0.717) is 0 Å². The van der Waals surface area contributed by atoms with E-state index in [-0.39, 0.29) is 0 Å². The molecule has 1 aromatic carbocycles. The SMILES string of the molecule is Cn1ccc2ccnc(Nc3ccccc3)c21. The molecule has 0 atom stereocenters. The van der Waals surface area contributed by atoms with Crippen LogP contribution in [0.25, 0.3) is 10.9 Å². The second-order valence-corrected chi connectivity index (χ2v) is 4.02. The summed E-state index contributed by atoms with van der Waals surface area (Å²) in [5.74, 6) is 0.890. The minimum atomic E-state index is 0.890. The Morgan fingerprint density at radius 1 is 1.06 bits per heavy atom. The van der Waals surface area contributed by atoms with Gasteiger partial charge in [0.15, 0.2) is 5.82 Å². The summed E-state index contributed by atoms with van der Waals surface area (Å²) in [6, 6.07) is 14.2. The molecule has 0 unspecified atom stereocenters. The van der Waals surface area contributed by atoms with Crippen LogP contribution in [-0.2, 0) is 7.05 Å². The third kappa shape index (κ3) is 1.76. The molecular formula is C14H13N3. The van der Waals surface area contributed by atoms with E-state index in [9.17, 15) is 0 Å². The number of benzene rings is 1. The van der Waals surface area contributed by atoms with Crippen molar-refractivity contribution in [2.24, 2.45) is 7.05 Å². The number of rotatable bonds is 2. The lowest BCUT2D eigenvalue weighted by Crippen LogP contribution is -1.96. The molecule has 3 nitrogen and oxygen atoms in total. The first-order valence-electron chi connectivity index (χ1n) is 5.57. The molecule has 0 fully saturated rings. The van der Waals surface area contributed by atoms with E-state index in [1.807, 2.05) is 55.8 Å². The molecule has 0 saturated heterocycles. The van der Waals surface area contributed by atoms with Gasteiger partial charge in [0.25, 0.3) is 0 Å². The highest BCUT2D eigenvalue weighted by atomic mass is 15.0. The monoisotopic (exact) mass is 223 g/mol. The Bertz CT molecular complexity index is 641. The number of pyridine rings is 1. The highest BCUT2D eigenvalue weighted by Gasteiger charge is 2.05. The van der Waals surface area contributed by atoms with E-state index < -0.39 is 0 Å². The first-order chi connectivity index (χ1) is 8.34. The zero-order valence-electron chi connectivity index (χ0n) is 9.59. The first kappa shape index (κ1) is 9.90. The normalized spacial score (nSPS) is 10.6. The number of hydrogen-bond donors (Lipinski definition) is 1. The van der Waals surface area contributed by atoms with Crippen molar-refractivity contribution in [2.45, 2.75) is 0 Å². The lowest BCUT2D eigenvalue weighted by Gasteiger charge is -2.08. The summed E-state index contributed by atoms with van der Waals surface area (Å²) >= 11 is 0. The summed E-state index contributed by atoms with van der Waals surface area (Å²) in [5, 5.41) is 4.54. The zero-order chi connectivity index (χ0) is 11.7. The maximum atomic E-state index is 4.40. The largest absolute Gasteiger partial charge is 0.348 e. The fraction of sp³-hybridized carbons (Fsp3) is 0.0714. The van der Waals surface area contributed by atoms with Crippen LogP contribution in [0.15, 0.2) is 54.9 Å². The summed E-state index contributed by atoms with van der Waals surface area (Å²) in [5.41, 5.74) is 2.17. The number of aromatic nitrogens is 2. The van der Waals surface area contributed by atoms with Crippen LogP contribution in [0.1, 0.15) is 0 Å². The number of nitrogens with one attached hydrogen (secondary N) is 1. The Morgan fingerprint density at radius 3 is 2.71 bits per heavy atom. The maximum absolute atomic E-state index is 4.40. The van der Waals surface area contributed by atoms with Crippen molar-refractivity contribution < 1.29 is 0 Å². The van der Waals surface area contributed by atoms with Gasteiger partial charge in [0.05, 0.1) is 5.52 Å². The van der Waals surface area contributed by atoms with E-state index in [0.717, 1.165) is 17.0 Å². The molecule has 0 aliphatic carbocycles. The molecule has 2 aromatic heterocycles. The molecule has 1 N–H and O–H groups in total. The summed E-state index contributed by atoms with van der Waals surface area (Å²) in [6.45, 7) is 0. The highest BCUT2D eigenvalue weighted by Crippen LogP contribution is 2.24. The number of para-hydroxylation sites is 1. The van der Waals surface area contributed by atoms with Crippen molar-refractivity contribution in [3.05, 3.63) is 54.9 Å². The average molecular weight is 223 g/mol. The molecule has 84 valence electrons. The number of fused-ring (bicyclic) bond motifs is 1. The smallest absolute Gasteiger partial charge is 0.154 e. The predicted molar refractivity (Wildman–Crippen MR) is 70.4 cm³/mol. The standard InChI is InChI=1S/C14H13N3/c1-17-10-8-11-7-9-15-14(13(11)17)16-12-5-3-2-4-6-12/h2-10H,1H3,(H,15,16). The molecule has 0 spiro atoms. The molecule has 0 saturated carbocycles.